The molecule has 0 unspecified atom stereocenters. The molecule has 18 heavy (non-hydrogen) atoms. The van der Waals surface area contributed by atoms with Crippen molar-refractivity contribution in [1.82, 2.24) is 9.55 Å². The maximum Gasteiger partial charge on any atom is 0.265 e. The zero-order valence-electron chi connectivity index (χ0n) is 9.46. The van der Waals surface area contributed by atoms with Crippen LogP contribution in [0.1, 0.15) is 10.4 Å². The summed E-state index contributed by atoms with van der Waals surface area (Å²) < 4.78 is 1.47. The molecule has 0 spiro atoms. The van der Waals surface area contributed by atoms with E-state index in [9.17, 15) is 9.59 Å². The molecule has 0 radical (unpaired) electrons. The van der Waals surface area contributed by atoms with E-state index < -0.39 is 0 Å². The third-order valence-electron chi connectivity index (χ3n) is 2.92. The first-order valence-corrected chi connectivity index (χ1v) is 5.54. The molecule has 1 aromatic carbocycles. The van der Waals surface area contributed by atoms with Crippen molar-refractivity contribution in [2.45, 2.75) is 0 Å². The molecule has 2 aromatic heterocycles. The standard InChI is InChI=1S/C14H10N2O2/c17-9-11-2-1-7-16(14(11)18)12-3-4-13-10(8-12)5-6-15-13/h1-9,15H. The Balaban J connectivity index is 2.25. The Morgan fingerprint density at radius 2 is 2.06 bits per heavy atom. The zero-order chi connectivity index (χ0) is 12.5. The van der Waals surface area contributed by atoms with Gasteiger partial charge in [0.2, 0.25) is 0 Å². The molecule has 0 saturated heterocycles. The van der Waals surface area contributed by atoms with Gasteiger partial charge in [-0.3, -0.25) is 14.2 Å². The summed E-state index contributed by atoms with van der Waals surface area (Å²) in [6.45, 7) is 0. The number of carbonyl (C=O) groups excluding carboxylic acids is 1. The smallest absolute Gasteiger partial charge is 0.265 e. The largest absolute Gasteiger partial charge is 0.361 e. The van der Waals surface area contributed by atoms with Crippen LogP contribution in [-0.2, 0) is 0 Å². The first kappa shape index (κ1) is 10.5. The summed E-state index contributed by atoms with van der Waals surface area (Å²) in [4.78, 5) is 25.9. The molecule has 0 atom stereocenters. The van der Waals surface area contributed by atoms with Gasteiger partial charge in [-0.1, -0.05) is 0 Å². The van der Waals surface area contributed by atoms with Crippen molar-refractivity contribution >= 4 is 17.2 Å². The Morgan fingerprint density at radius 1 is 1.17 bits per heavy atom. The second-order valence-corrected chi connectivity index (χ2v) is 4.01. The lowest BCUT2D eigenvalue weighted by Gasteiger charge is -2.06. The number of pyridine rings is 1. The molecule has 88 valence electrons. The number of benzene rings is 1. The second-order valence-electron chi connectivity index (χ2n) is 4.01. The molecule has 0 saturated carbocycles. The van der Waals surface area contributed by atoms with Gasteiger partial charge in [0.1, 0.15) is 0 Å². The summed E-state index contributed by atoms with van der Waals surface area (Å²) in [5, 5.41) is 1.02. The van der Waals surface area contributed by atoms with Crippen LogP contribution in [0.3, 0.4) is 0 Å². The van der Waals surface area contributed by atoms with Crippen molar-refractivity contribution in [1.29, 1.82) is 0 Å². The number of aromatic nitrogens is 2. The van der Waals surface area contributed by atoms with Crippen molar-refractivity contribution in [2.24, 2.45) is 0 Å². The third-order valence-corrected chi connectivity index (χ3v) is 2.92. The SMILES string of the molecule is O=Cc1cccn(-c2ccc3[nH]ccc3c2)c1=O. The van der Waals surface area contributed by atoms with Gasteiger partial charge < -0.3 is 4.98 Å². The van der Waals surface area contributed by atoms with Gasteiger partial charge in [-0.25, -0.2) is 0 Å². The van der Waals surface area contributed by atoms with Crippen molar-refractivity contribution < 1.29 is 4.79 Å². The molecule has 2 heterocycles. The average molecular weight is 238 g/mol. The highest BCUT2D eigenvalue weighted by Gasteiger charge is 2.04. The van der Waals surface area contributed by atoms with Crippen LogP contribution < -0.4 is 5.56 Å². The fourth-order valence-corrected chi connectivity index (χ4v) is 1.99. The number of rotatable bonds is 2. The van der Waals surface area contributed by atoms with Gasteiger partial charge in [-0.2, -0.15) is 0 Å². The van der Waals surface area contributed by atoms with E-state index in [-0.39, 0.29) is 11.1 Å². The van der Waals surface area contributed by atoms with Crippen LogP contribution in [-0.4, -0.2) is 15.8 Å². The molecule has 0 fully saturated rings. The number of nitrogens with one attached hydrogen (secondary N) is 1. The van der Waals surface area contributed by atoms with E-state index in [1.54, 1.807) is 12.3 Å². The van der Waals surface area contributed by atoms with E-state index in [4.69, 9.17) is 0 Å². The first-order chi connectivity index (χ1) is 8.79. The molecule has 4 nitrogen and oxygen atoms in total. The maximum atomic E-state index is 12.0. The summed E-state index contributed by atoms with van der Waals surface area (Å²) in [5.41, 5.74) is 1.61. The van der Waals surface area contributed by atoms with Crippen molar-refractivity contribution in [3.8, 4) is 5.69 Å². The maximum absolute atomic E-state index is 12.0. The minimum Gasteiger partial charge on any atom is -0.361 e. The Hall–Kier alpha value is -2.62. The topological polar surface area (TPSA) is 54.9 Å². The lowest BCUT2D eigenvalue weighted by molar-refractivity contribution is 0.112. The fourth-order valence-electron chi connectivity index (χ4n) is 1.99. The van der Waals surface area contributed by atoms with Gasteiger partial charge in [0.15, 0.2) is 6.29 Å². The van der Waals surface area contributed by atoms with Crippen LogP contribution in [0, 0.1) is 0 Å². The monoisotopic (exact) mass is 238 g/mol. The highest BCUT2D eigenvalue weighted by Crippen LogP contribution is 2.16. The van der Waals surface area contributed by atoms with E-state index in [0.717, 1.165) is 16.6 Å². The number of nitrogens with zero attached hydrogens (tertiary/aromatic N) is 1. The van der Waals surface area contributed by atoms with Gasteiger partial charge in [0.05, 0.1) is 5.56 Å². The van der Waals surface area contributed by atoms with Crippen LogP contribution in [0.5, 0.6) is 0 Å². The first-order valence-electron chi connectivity index (χ1n) is 5.54. The number of carbonyl (C=O) groups is 1. The molecule has 0 aliphatic heterocycles. The van der Waals surface area contributed by atoms with Crippen LogP contribution >= 0.6 is 0 Å². The van der Waals surface area contributed by atoms with Gasteiger partial charge in [-0.05, 0) is 36.4 Å². The van der Waals surface area contributed by atoms with Crippen molar-refractivity contribution in [2.75, 3.05) is 0 Å². The van der Waals surface area contributed by atoms with Crippen LogP contribution in [0.25, 0.3) is 16.6 Å². The van der Waals surface area contributed by atoms with Crippen LogP contribution in [0.2, 0.25) is 0 Å². The molecule has 4 heteroatoms. The average Bonchev–Trinajstić information content (AvgIpc) is 2.86. The molecular formula is C14H10N2O2. The Morgan fingerprint density at radius 3 is 2.89 bits per heavy atom. The predicted octanol–water partition coefficient (Wildman–Crippen LogP) is 2.13. The summed E-state index contributed by atoms with van der Waals surface area (Å²) in [6, 6.07) is 10.8. The van der Waals surface area contributed by atoms with Gasteiger partial charge in [-0.15, -0.1) is 0 Å². The normalized spacial score (nSPS) is 10.7. The van der Waals surface area contributed by atoms with Gasteiger partial charge in [0.25, 0.3) is 5.56 Å². The third kappa shape index (κ3) is 1.55. The minimum absolute atomic E-state index is 0.159. The highest BCUT2D eigenvalue weighted by atomic mass is 16.1. The van der Waals surface area contributed by atoms with Crippen molar-refractivity contribution in [3.05, 3.63) is 64.7 Å². The zero-order valence-corrected chi connectivity index (χ0v) is 9.46. The summed E-state index contributed by atoms with van der Waals surface area (Å²) in [5.74, 6) is 0. The summed E-state index contributed by atoms with van der Waals surface area (Å²) >= 11 is 0. The van der Waals surface area contributed by atoms with E-state index in [1.165, 1.54) is 10.6 Å². The highest BCUT2D eigenvalue weighted by molar-refractivity contribution is 5.81. The number of aromatic amines is 1. The van der Waals surface area contributed by atoms with Crippen molar-refractivity contribution in [3.63, 3.8) is 0 Å². The van der Waals surface area contributed by atoms with E-state index in [1.807, 2.05) is 30.5 Å². The molecule has 0 aliphatic carbocycles. The number of fused-ring (bicyclic) bond motifs is 1. The Labute approximate surface area is 102 Å². The van der Waals surface area contributed by atoms with E-state index in [2.05, 4.69) is 4.98 Å². The van der Waals surface area contributed by atoms with Crippen LogP contribution in [0.4, 0.5) is 0 Å². The molecule has 0 bridgehead atoms. The fraction of sp³-hybridized carbons (Fsp3) is 0. The molecule has 1 N–H and O–H groups in total. The summed E-state index contributed by atoms with van der Waals surface area (Å²) in [6.07, 6.45) is 4.08. The van der Waals surface area contributed by atoms with E-state index in [0.29, 0.717) is 6.29 Å². The lowest BCUT2D eigenvalue weighted by Crippen LogP contribution is -2.20. The Kier molecular flexibility index (Phi) is 2.34. The van der Waals surface area contributed by atoms with Crippen LogP contribution in [0.15, 0.2) is 53.6 Å². The Bertz CT molecular complexity index is 784. The lowest BCUT2D eigenvalue weighted by atomic mass is 10.2. The molecule has 0 aliphatic rings. The minimum atomic E-state index is -0.303. The van der Waals surface area contributed by atoms with Gasteiger partial charge in [0, 0.05) is 29.0 Å². The predicted molar refractivity (Wildman–Crippen MR) is 69.3 cm³/mol. The number of aldehydes is 1. The second kappa shape index (κ2) is 4.00. The number of hydrogen-bond acceptors (Lipinski definition) is 2. The molecule has 3 aromatic rings. The summed E-state index contributed by atoms with van der Waals surface area (Å²) in [7, 11) is 0. The molecular weight excluding hydrogens is 228 g/mol. The van der Waals surface area contributed by atoms with Gasteiger partial charge >= 0.3 is 0 Å². The van der Waals surface area contributed by atoms with E-state index >= 15 is 0 Å². The quantitative estimate of drug-likeness (QED) is 0.695. The number of hydrogen-bond donors (Lipinski definition) is 1. The molecule has 0 amide bonds. The molecule has 3 rings (SSSR count). The number of H-pyrrole nitrogens is 1.